The zero-order valence-electron chi connectivity index (χ0n) is 30.9. The standard InChI is InChI=1S/C20H16FN2O.C17H22NSi.Ir/c1-11(2)16-9-17(22-10-12(16)3)15-6-4-5-13-14-7-8-18(21)23-20(14)24-19(13)15;1-13(2)15-11-16(14-9-7-6-8-10-14)18-12-17(15)19(3,4)5;/h4-5,7-11H,1-3H3;6-9,11-13H,1-5H3;/q2*-1;/i3D3,11D;13D;. The quantitative estimate of drug-likeness (QED) is 0.0994. The van der Waals surface area contributed by atoms with Gasteiger partial charge in [0.1, 0.15) is 0 Å². The van der Waals surface area contributed by atoms with Gasteiger partial charge in [0.05, 0.1) is 13.7 Å². The van der Waals surface area contributed by atoms with Gasteiger partial charge in [0.2, 0.25) is 11.7 Å². The Balaban J connectivity index is 0.000000229. The smallest absolute Gasteiger partial charge is 0.218 e. The Morgan fingerprint density at radius 1 is 0.864 bits per heavy atom. The Morgan fingerprint density at radius 3 is 2.25 bits per heavy atom. The minimum Gasteiger partial charge on any atom is -0.486 e. The van der Waals surface area contributed by atoms with Crippen LogP contribution in [0.25, 0.3) is 44.6 Å². The summed E-state index contributed by atoms with van der Waals surface area (Å²) in [6, 6.07) is 24.1. The third kappa shape index (κ3) is 7.07. The molecule has 0 saturated carbocycles. The van der Waals surface area contributed by atoms with E-state index < -0.39 is 32.7 Å². The second-order valence-electron chi connectivity index (χ2n) is 11.9. The Hall–Kier alpha value is -3.51. The van der Waals surface area contributed by atoms with Crippen LogP contribution >= 0.6 is 0 Å². The second kappa shape index (κ2) is 13.6. The van der Waals surface area contributed by atoms with Crippen molar-refractivity contribution in [1.29, 1.82) is 0 Å². The molecule has 0 fully saturated rings. The number of halogens is 1. The van der Waals surface area contributed by atoms with Gasteiger partial charge in [-0.3, -0.25) is 0 Å². The molecule has 0 bridgehead atoms. The summed E-state index contributed by atoms with van der Waals surface area (Å²) >= 11 is 0. The van der Waals surface area contributed by atoms with Gasteiger partial charge in [-0.15, -0.1) is 54.1 Å². The molecular formula is C37H38FIrN3OSi-2. The van der Waals surface area contributed by atoms with Gasteiger partial charge in [0, 0.05) is 44.7 Å². The van der Waals surface area contributed by atoms with Gasteiger partial charge < -0.3 is 14.4 Å². The summed E-state index contributed by atoms with van der Waals surface area (Å²) in [5.41, 5.74) is 4.89. The number of rotatable bonds is 5. The van der Waals surface area contributed by atoms with Crippen molar-refractivity contribution in [2.75, 3.05) is 0 Å². The van der Waals surface area contributed by atoms with E-state index in [1.807, 2.05) is 44.3 Å². The molecule has 0 amide bonds. The first-order valence-electron chi connectivity index (χ1n) is 16.6. The summed E-state index contributed by atoms with van der Waals surface area (Å²) in [6.45, 7) is 11.7. The predicted molar refractivity (Wildman–Crippen MR) is 178 cm³/mol. The van der Waals surface area contributed by atoms with E-state index in [-0.39, 0.29) is 31.4 Å². The predicted octanol–water partition coefficient (Wildman–Crippen LogP) is 9.63. The summed E-state index contributed by atoms with van der Waals surface area (Å²) in [4.78, 5) is 12.7. The van der Waals surface area contributed by atoms with Crippen LogP contribution in [0.2, 0.25) is 19.6 Å². The molecule has 1 radical (unpaired) electrons. The number of pyridine rings is 3. The molecule has 0 aliphatic heterocycles. The van der Waals surface area contributed by atoms with E-state index in [1.165, 1.54) is 17.4 Å². The number of fused-ring (bicyclic) bond motifs is 3. The van der Waals surface area contributed by atoms with Gasteiger partial charge in [-0.1, -0.05) is 76.0 Å². The van der Waals surface area contributed by atoms with E-state index in [0.29, 0.717) is 27.8 Å². The van der Waals surface area contributed by atoms with Crippen molar-refractivity contribution >= 4 is 35.3 Å². The molecule has 0 aliphatic rings. The van der Waals surface area contributed by atoms with E-state index in [4.69, 9.17) is 11.3 Å². The molecule has 0 unspecified atom stereocenters. The van der Waals surface area contributed by atoms with Gasteiger partial charge in [0.15, 0.2) is 0 Å². The topological polar surface area (TPSA) is 51.8 Å². The Labute approximate surface area is 281 Å². The molecule has 0 saturated heterocycles. The zero-order valence-corrected chi connectivity index (χ0v) is 29.3. The van der Waals surface area contributed by atoms with Crippen molar-refractivity contribution < 1.29 is 35.8 Å². The van der Waals surface area contributed by atoms with E-state index in [0.717, 1.165) is 22.2 Å². The van der Waals surface area contributed by atoms with Gasteiger partial charge in [-0.2, -0.15) is 9.37 Å². The molecule has 0 spiro atoms. The fraction of sp³-hybridized carbons (Fsp3) is 0.270. The van der Waals surface area contributed by atoms with Crippen LogP contribution in [0.5, 0.6) is 0 Å². The van der Waals surface area contributed by atoms with Gasteiger partial charge in [-0.05, 0) is 58.5 Å². The van der Waals surface area contributed by atoms with Crippen LogP contribution in [0.15, 0.2) is 77.5 Å². The molecule has 0 atom stereocenters. The summed E-state index contributed by atoms with van der Waals surface area (Å²) < 4.78 is 59.2. The van der Waals surface area contributed by atoms with Crippen LogP contribution in [0, 0.1) is 24.9 Å². The molecule has 7 heteroatoms. The third-order valence-corrected chi connectivity index (χ3v) is 9.21. The molecule has 2 aromatic carbocycles. The van der Waals surface area contributed by atoms with E-state index >= 15 is 0 Å². The molecular weight excluding hydrogens is 742 g/mol. The minimum absolute atomic E-state index is 0. The number of benzene rings is 2. The van der Waals surface area contributed by atoms with Crippen molar-refractivity contribution in [3.63, 3.8) is 0 Å². The van der Waals surface area contributed by atoms with Crippen molar-refractivity contribution in [2.24, 2.45) is 0 Å². The summed E-state index contributed by atoms with van der Waals surface area (Å²) in [7, 11) is -1.50. The van der Waals surface area contributed by atoms with E-state index in [2.05, 4.69) is 52.8 Å². The molecule has 4 aromatic heterocycles. The average Bonchev–Trinajstić information content (AvgIpc) is 3.37. The number of furan rings is 1. The molecule has 44 heavy (non-hydrogen) atoms. The van der Waals surface area contributed by atoms with Crippen molar-refractivity contribution in [3.05, 3.63) is 108 Å². The maximum atomic E-state index is 13.5. The molecule has 4 heterocycles. The van der Waals surface area contributed by atoms with Crippen molar-refractivity contribution in [2.45, 2.75) is 66.0 Å². The first-order valence-corrected chi connectivity index (χ1v) is 17.6. The van der Waals surface area contributed by atoms with Crippen LogP contribution in [0.1, 0.15) is 63.0 Å². The molecule has 229 valence electrons. The number of aryl methyl sites for hydroxylation is 1. The maximum Gasteiger partial charge on any atom is 0.218 e. The molecule has 4 nitrogen and oxygen atoms in total. The van der Waals surface area contributed by atoms with Crippen molar-refractivity contribution in [3.8, 4) is 22.5 Å². The molecule has 0 aliphatic carbocycles. The van der Waals surface area contributed by atoms with E-state index in [1.54, 1.807) is 38.1 Å². The molecule has 6 rings (SSSR count). The van der Waals surface area contributed by atoms with Crippen LogP contribution in [-0.2, 0) is 20.1 Å². The number of hydrogen-bond donors (Lipinski definition) is 0. The average molecular weight is 785 g/mol. The normalized spacial score (nSPS) is 14.0. The summed E-state index contributed by atoms with van der Waals surface area (Å²) in [5.74, 6) is -2.40. The first-order chi connectivity index (χ1) is 22.2. The zero-order chi connectivity index (χ0) is 35.2. The van der Waals surface area contributed by atoms with Crippen LogP contribution in [0.3, 0.4) is 0 Å². The first kappa shape index (κ1) is 26.9. The van der Waals surface area contributed by atoms with Gasteiger partial charge in [-0.25, -0.2) is 0 Å². The SMILES string of the molecule is [2H]C(C)(C)c1cc(-c2[c-]cccc2)ncc1[Si](C)(C)C.[2H]C([2H])([2H])c1cnc(-c2[c-]ccc3c2oc2nc(F)ccc23)cc1C([2H])(C)C.[Ir]. The fourth-order valence-corrected chi connectivity index (χ4v) is 6.54. The fourth-order valence-electron chi connectivity index (χ4n) is 4.96. The number of nitrogens with zero attached hydrogens (tertiary/aromatic N) is 3. The van der Waals surface area contributed by atoms with Crippen LogP contribution < -0.4 is 5.19 Å². The monoisotopic (exact) mass is 785 g/mol. The summed E-state index contributed by atoms with van der Waals surface area (Å²) in [5, 5.41) is 2.66. The van der Waals surface area contributed by atoms with Gasteiger partial charge in [0.25, 0.3) is 0 Å². The van der Waals surface area contributed by atoms with Crippen LogP contribution in [0.4, 0.5) is 4.39 Å². The van der Waals surface area contributed by atoms with E-state index in [9.17, 15) is 4.39 Å². The Morgan fingerprint density at radius 2 is 1.59 bits per heavy atom. The molecule has 0 N–H and O–H groups in total. The number of hydrogen-bond acceptors (Lipinski definition) is 4. The Kier molecular flexibility index (Phi) is 8.32. The molecule has 6 aromatic rings. The number of aromatic nitrogens is 3. The third-order valence-electron chi connectivity index (χ3n) is 7.20. The minimum atomic E-state index is -2.38. The maximum absolute atomic E-state index is 13.5. The second-order valence-corrected chi connectivity index (χ2v) is 17.0. The van der Waals surface area contributed by atoms with Crippen LogP contribution in [-0.4, -0.2) is 23.0 Å². The van der Waals surface area contributed by atoms with Crippen molar-refractivity contribution in [1.82, 2.24) is 15.0 Å². The largest absolute Gasteiger partial charge is 0.486 e. The summed E-state index contributed by atoms with van der Waals surface area (Å²) in [6.07, 6.45) is 3.26. The van der Waals surface area contributed by atoms with Gasteiger partial charge >= 0.3 is 0 Å². The Bertz CT molecular complexity index is 2100.